The van der Waals surface area contributed by atoms with Crippen LogP contribution in [-0.4, -0.2) is 16.8 Å². The quantitative estimate of drug-likeness (QED) is 0.860. The summed E-state index contributed by atoms with van der Waals surface area (Å²) >= 11 is 1.58. The smallest absolute Gasteiger partial charge is 0.234 e. The lowest BCUT2D eigenvalue weighted by Gasteiger charge is -2.06. The maximum absolute atomic E-state index is 11.8. The number of carbonyl (C=O) groups excluding carboxylic acids is 1. The fraction of sp³-hybridized carbons (Fsp3) is 0.235. The van der Waals surface area contributed by atoms with E-state index in [1.54, 1.807) is 11.8 Å². The second-order valence-electron chi connectivity index (χ2n) is 4.89. The van der Waals surface area contributed by atoms with Gasteiger partial charge in [-0.25, -0.2) is 0 Å². The van der Waals surface area contributed by atoms with Gasteiger partial charge in [0.25, 0.3) is 0 Å². The van der Waals surface area contributed by atoms with Crippen LogP contribution in [-0.2, 0) is 17.2 Å². The molecule has 0 bridgehead atoms. The van der Waals surface area contributed by atoms with E-state index in [-0.39, 0.29) is 12.5 Å². The molecule has 3 nitrogen and oxygen atoms in total. The van der Waals surface area contributed by atoms with Crippen LogP contribution in [0.2, 0.25) is 0 Å². The lowest BCUT2D eigenvalue weighted by atomic mass is 10.2. The Hall–Kier alpha value is -1.78. The lowest BCUT2D eigenvalue weighted by molar-refractivity contribution is -0.113. The van der Waals surface area contributed by atoms with Gasteiger partial charge in [0.2, 0.25) is 5.91 Å². The Morgan fingerprint density at radius 3 is 2.52 bits per heavy atom. The maximum atomic E-state index is 11.8. The zero-order valence-electron chi connectivity index (χ0n) is 12.0. The first-order valence-electron chi connectivity index (χ1n) is 6.80. The third-order valence-corrected chi connectivity index (χ3v) is 4.01. The number of anilines is 1. The SMILES string of the molecule is Cc1cccc(NC(=O)CSCc2ccc(CO)cc2)c1. The molecule has 1 amide bonds. The molecule has 2 aromatic carbocycles. The highest BCUT2D eigenvalue weighted by molar-refractivity contribution is 7.99. The van der Waals surface area contributed by atoms with Crippen LogP contribution in [0.15, 0.2) is 48.5 Å². The highest BCUT2D eigenvalue weighted by Crippen LogP contribution is 2.15. The minimum Gasteiger partial charge on any atom is -0.392 e. The van der Waals surface area contributed by atoms with Gasteiger partial charge in [0, 0.05) is 11.4 Å². The number of carbonyl (C=O) groups is 1. The third kappa shape index (κ3) is 5.25. The standard InChI is InChI=1S/C17H19NO2S/c1-13-3-2-4-16(9-13)18-17(20)12-21-11-15-7-5-14(10-19)6-8-15/h2-9,19H,10-12H2,1H3,(H,18,20). The van der Waals surface area contributed by atoms with E-state index in [2.05, 4.69) is 5.32 Å². The summed E-state index contributed by atoms with van der Waals surface area (Å²) in [6.45, 7) is 2.06. The first kappa shape index (κ1) is 15.6. The van der Waals surface area contributed by atoms with Gasteiger partial charge in [-0.3, -0.25) is 4.79 Å². The predicted molar refractivity (Wildman–Crippen MR) is 88.3 cm³/mol. The summed E-state index contributed by atoms with van der Waals surface area (Å²) in [6.07, 6.45) is 0. The molecule has 0 aliphatic rings. The molecule has 0 aromatic heterocycles. The molecule has 0 aliphatic heterocycles. The van der Waals surface area contributed by atoms with Crippen LogP contribution in [0.5, 0.6) is 0 Å². The Bertz CT molecular complexity index is 596. The topological polar surface area (TPSA) is 49.3 Å². The molecule has 0 radical (unpaired) electrons. The molecule has 110 valence electrons. The Balaban J connectivity index is 1.76. The largest absolute Gasteiger partial charge is 0.392 e. The van der Waals surface area contributed by atoms with Crippen LogP contribution >= 0.6 is 11.8 Å². The van der Waals surface area contributed by atoms with Crippen LogP contribution in [0.25, 0.3) is 0 Å². The number of rotatable bonds is 6. The molecule has 2 N–H and O–H groups in total. The first-order valence-corrected chi connectivity index (χ1v) is 7.96. The number of nitrogens with one attached hydrogen (secondary N) is 1. The molecule has 0 fully saturated rings. The van der Waals surface area contributed by atoms with Gasteiger partial charge >= 0.3 is 0 Å². The van der Waals surface area contributed by atoms with E-state index < -0.39 is 0 Å². The van der Waals surface area contributed by atoms with Crippen LogP contribution in [0.4, 0.5) is 5.69 Å². The molecule has 0 saturated heterocycles. The van der Waals surface area contributed by atoms with Gasteiger partial charge in [-0.2, -0.15) is 0 Å². The minimum atomic E-state index is 0.0116. The van der Waals surface area contributed by atoms with Crippen molar-refractivity contribution in [3.63, 3.8) is 0 Å². The first-order chi connectivity index (χ1) is 10.2. The Morgan fingerprint density at radius 2 is 1.86 bits per heavy atom. The zero-order valence-corrected chi connectivity index (χ0v) is 12.8. The molecule has 0 unspecified atom stereocenters. The zero-order chi connectivity index (χ0) is 15.1. The second-order valence-corrected chi connectivity index (χ2v) is 5.87. The van der Waals surface area contributed by atoms with Crippen molar-refractivity contribution in [1.29, 1.82) is 0 Å². The number of amides is 1. The lowest BCUT2D eigenvalue weighted by Crippen LogP contribution is -2.14. The number of hydrogen-bond acceptors (Lipinski definition) is 3. The average Bonchev–Trinajstić information content (AvgIpc) is 2.48. The van der Waals surface area contributed by atoms with Crippen LogP contribution in [0, 0.1) is 6.92 Å². The summed E-state index contributed by atoms with van der Waals surface area (Å²) in [5, 5.41) is 11.9. The predicted octanol–water partition coefficient (Wildman–Crippen LogP) is 3.36. The van der Waals surface area contributed by atoms with Gasteiger partial charge < -0.3 is 10.4 Å². The van der Waals surface area contributed by atoms with Crippen molar-refractivity contribution in [2.75, 3.05) is 11.1 Å². The molecule has 0 spiro atoms. The Kier molecular flexibility index (Phi) is 5.84. The van der Waals surface area contributed by atoms with Crippen molar-refractivity contribution in [1.82, 2.24) is 0 Å². The number of aliphatic hydroxyl groups is 1. The summed E-state index contributed by atoms with van der Waals surface area (Å²) in [7, 11) is 0. The average molecular weight is 301 g/mol. The molecule has 2 aromatic rings. The molecule has 0 atom stereocenters. The summed E-state index contributed by atoms with van der Waals surface area (Å²) < 4.78 is 0. The van der Waals surface area contributed by atoms with Crippen LogP contribution in [0.3, 0.4) is 0 Å². The highest BCUT2D eigenvalue weighted by Gasteiger charge is 2.03. The van der Waals surface area contributed by atoms with Crippen molar-refractivity contribution >= 4 is 23.4 Å². The van der Waals surface area contributed by atoms with Crippen molar-refractivity contribution < 1.29 is 9.90 Å². The van der Waals surface area contributed by atoms with E-state index >= 15 is 0 Å². The molecule has 21 heavy (non-hydrogen) atoms. The van der Waals surface area contributed by atoms with E-state index in [1.807, 2.05) is 55.5 Å². The Morgan fingerprint density at radius 1 is 1.14 bits per heavy atom. The van der Waals surface area contributed by atoms with Gasteiger partial charge in [-0.1, -0.05) is 36.4 Å². The fourth-order valence-electron chi connectivity index (χ4n) is 1.92. The van der Waals surface area contributed by atoms with E-state index in [4.69, 9.17) is 5.11 Å². The number of benzene rings is 2. The number of aryl methyl sites for hydroxylation is 1. The molecule has 0 aliphatic carbocycles. The summed E-state index contributed by atoms with van der Waals surface area (Å²) in [5.74, 6) is 1.22. The van der Waals surface area contributed by atoms with Crippen LogP contribution in [0.1, 0.15) is 16.7 Å². The monoisotopic (exact) mass is 301 g/mol. The minimum absolute atomic E-state index is 0.0116. The van der Waals surface area contributed by atoms with Gasteiger partial charge in [0.1, 0.15) is 0 Å². The maximum Gasteiger partial charge on any atom is 0.234 e. The molecule has 4 heteroatoms. The van der Waals surface area contributed by atoms with E-state index in [9.17, 15) is 4.79 Å². The second kappa shape index (κ2) is 7.86. The molecular formula is C17H19NO2S. The van der Waals surface area contributed by atoms with E-state index in [0.717, 1.165) is 28.1 Å². The fourth-order valence-corrected chi connectivity index (χ4v) is 2.71. The van der Waals surface area contributed by atoms with Crippen LogP contribution < -0.4 is 5.32 Å². The van der Waals surface area contributed by atoms with Crippen molar-refractivity contribution in [3.05, 3.63) is 65.2 Å². The number of aliphatic hydroxyl groups excluding tert-OH is 1. The number of thioether (sulfide) groups is 1. The molecule has 0 saturated carbocycles. The van der Waals surface area contributed by atoms with E-state index in [1.165, 1.54) is 0 Å². The summed E-state index contributed by atoms with van der Waals surface area (Å²) in [5.41, 5.74) is 4.03. The summed E-state index contributed by atoms with van der Waals surface area (Å²) in [4.78, 5) is 11.8. The van der Waals surface area contributed by atoms with Crippen molar-refractivity contribution in [2.45, 2.75) is 19.3 Å². The number of hydrogen-bond donors (Lipinski definition) is 2. The van der Waals surface area contributed by atoms with Gasteiger partial charge in [0.15, 0.2) is 0 Å². The third-order valence-electron chi connectivity index (χ3n) is 3.01. The van der Waals surface area contributed by atoms with Gasteiger partial charge in [-0.05, 0) is 35.7 Å². The van der Waals surface area contributed by atoms with E-state index in [0.29, 0.717) is 5.75 Å². The van der Waals surface area contributed by atoms with Crippen molar-refractivity contribution in [2.24, 2.45) is 0 Å². The van der Waals surface area contributed by atoms with Gasteiger partial charge in [0.05, 0.1) is 12.4 Å². The normalized spacial score (nSPS) is 10.4. The van der Waals surface area contributed by atoms with Gasteiger partial charge in [-0.15, -0.1) is 11.8 Å². The van der Waals surface area contributed by atoms with Crippen molar-refractivity contribution in [3.8, 4) is 0 Å². The molecule has 0 heterocycles. The molecular weight excluding hydrogens is 282 g/mol. The molecule has 2 rings (SSSR count). The highest BCUT2D eigenvalue weighted by atomic mass is 32.2. The Labute approximate surface area is 129 Å². The summed E-state index contributed by atoms with van der Waals surface area (Å²) in [6, 6.07) is 15.6.